The molecule has 2 aromatic rings. The maximum atomic E-state index is 12.3. The number of benzene rings is 2. The van der Waals surface area contributed by atoms with Crippen molar-refractivity contribution in [2.45, 2.75) is 13.3 Å². The minimum atomic E-state index is -0.0562. The van der Waals surface area contributed by atoms with E-state index in [4.69, 9.17) is 0 Å². The first-order valence-electron chi connectivity index (χ1n) is 6.48. The lowest BCUT2D eigenvalue weighted by molar-refractivity contribution is 0.257. The van der Waals surface area contributed by atoms with Crippen LogP contribution in [0.15, 0.2) is 48.5 Å². The van der Waals surface area contributed by atoms with E-state index in [-0.39, 0.29) is 6.03 Å². The van der Waals surface area contributed by atoms with Gasteiger partial charge in [-0.15, -0.1) is 0 Å². The number of rotatable bonds is 1. The summed E-state index contributed by atoms with van der Waals surface area (Å²) in [6.07, 6.45) is 0.928. The van der Waals surface area contributed by atoms with E-state index >= 15 is 0 Å². The number of urea groups is 1. The van der Waals surface area contributed by atoms with E-state index in [9.17, 15) is 4.79 Å². The fourth-order valence-corrected chi connectivity index (χ4v) is 2.45. The molecule has 0 aliphatic carbocycles. The van der Waals surface area contributed by atoms with E-state index in [0.29, 0.717) is 0 Å². The fourth-order valence-electron chi connectivity index (χ4n) is 2.45. The number of aryl methyl sites for hydroxylation is 1. The normalized spacial score (nSPS) is 13.2. The molecule has 96 valence electrons. The van der Waals surface area contributed by atoms with Crippen LogP contribution in [0.4, 0.5) is 16.2 Å². The highest BCUT2D eigenvalue weighted by atomic mass is 16.2. The molecule has 0 radical (unpaired) electrons. The largest absolute Gasteiger partial charge is 0.326 e. The number of para-hydroxylation sites is 2. The zero-order valence-corrected chi connectivity index (χ0v) is 10.9. The van der Waals surface area contributed by atoms with Gasteiger partial charge in [0.2, 0.25) is 0 Å². The van der Waals surface area contributed by atoms with Crippen molar-refractivity contribution in [1.82, 2.24) is 0 Å². The number of fused-ring (bicyclic) bond motifs is 1. The molecule has 3 heteroatoms. The third kappa shape index (κ3) is 2.19. The molecule has 1 aliphatic rings. The minimum Gasteiger partial charge on any atom is -0.307 e. The first kappa shape index (κ1) is 11.8. The van der Waals surface area contributed by atoms with E-state index in [0.717, 1.165) is 29.9 Å². The molecule has 0 saturated carbocycles. The Labute approximate surface area is 112 Å². The Hall–Kier alpha value is -2.29. The summed E-state index contributed by atoms with van der Waals surface area (Å²) >= 11 is 0. The van der Waals surface area contributed by atoms with E-state index < -0.39 is 0 Å². The molecule has 3 nitrogen and oxygen atoms in total. The molecule has 2 amide bonds. The molecule has 0 fully saturated rings. The summed E-state index contributed by atoms with van der Waals surface area (Å²) in [4.78, 5) is 14.2. The number of nitrogens with one attached hydrogen (secondary N) is 1. The number of anilines is 2. The number of carbonyl (C=O) groups excluding carboxylic acids is 1. The van der Waals surface area contributed by atoms with Crippen molar-refractivity contribution >= 4 is 17.4 Å². The molecule has 1 N–H and O–H groups in total. The van der Waals surface area contributed by atoms with Gasteiger partial charge in [0.05, 0.1) is 0 Å². The second kappa shape index (κ2) is 4.76. The van der Waals surface area contributed by atoms with Gasteiger partial charge in [-0.1, -0.05) is 36.4 Å². The predicted octanol–water partition coefficient (Wildman–Crippen LogP) is 3.59. The monoisotopic (exact) mass is 252 g/mol. The van der Waals surface area contributed by atoms with E-state index in [2.05, 4.69) is 11.4 Å². The molecule has 0 bridgehead atoms. The molecule has 1 heterocycles. The van der Waals surface area contributed by atoms with Gasteiger partial charge in [-0.05, 0) is 36.6 Å². The summed E-state index contributed by atoms with van der Waals surface area (Å²) in [7, 11) is 0. The first-order valence-corrected chi connectivity index (χ1v) is 6.48. The molecule has 0 atom stereocenters. The zero-order chi connectivity index (χ0) is 13.2. The maximum absolute atomic E-state index is 12.3. The van der Waals surface area contributed by atoms with Crippen molar-refractivity contribution in [2.24, 2.45) is 0 Å². The van der Waals surface area contributed by atoms with Crippen molar-refractivity contribution in [3.63, 3.8) is 0 Å². The zero-order valence-electron chi connectivity index (χ0n) is 10.9. The Morgan fingerprint density at radius 3 is 2.68 bits per heavy atom. The molecule has 3 rings (SSSR count). The van der Waals surface area contributed by atoms with Crippen molar-refractivity contribution in [1.29, 1.82) is 0 Å². The highest BCUT2D eigenvalue weighted by Gasteiger charge is 2.24. The number of amides is 2. The summed E-state index contributed by atoms with van der Waals surface area (Å²) in [5.74, 6) is 0. The van der Waals surface area contributed by atoms with Gasteiger partial charge in [0.15, 0.2) is 0 Å². The standard InChI is InChI=1S/C16H16N2O/c1-12-6-2-4-8-14(12)17-16(19)18-11-10-13-7-3-5-9-15(13)18/h2-9H,10-11H2,1H3,(H,17,19). The van der Waals surface area contributed by atoms with Crippen LogP contribution in [-0.2, 0) is 6.42 Å². The molecule has 1 aliphatic heterocycles. The second-order valence-electron chi connectivity index (χ2n) is 4.78. The van der Waals surface area contributed by atoms with Gasteiger partial charge in [0.25, 0.3) is 0 Å². The van der Waals surface area contributed by atoms with Gasteiger partial charge in [-0.3, -0.25) is 4.90 Å². The van der Waals surface area contributed by atoms with Crippen LogP contribution in [0.2, 0.25) is 0 Å². The van der Waals surface area contributed by atoms with Crippen LogP contribution in [0.25, 0.3) is 0 Å². The summed E-state index contributed by atoms with van der Waals surface area (Å²) in [6.45, 7) is 2.74. The van der Waals surface area contributed by atoms with Gasteiger partial charge < -0.3 is 5.32 Å². The average molecular weight is 252 g/mol. The lowest BCUT2D eigenvalue weighted by Crippen LogP contribution is -2.33. The fraction of sp³-hybridized carbons (Fsp3) is 0.188. The van der Waals surface area contributed by atoms with Gasteiger partial charge in [0.1, 0.15) is 0 Å². The highest BCUT2D eigenvalue weighted by Crippen LogP contribution is 2.28. The van der Waals surface area contributed by atoms with Crippen LogP contribution in [0, 0.1) is 6.92 Å². The molecular weight excluding hydrogens is 236 g/mol. The molecule has 0 saturated heterocycles. The third-order valence-electron chi connectivity index (χ3n) is 3.52. The molecule has 2 aromatic carbocycles. The van der Waals surface area contributed by atoms with Crippen molar-refractivity contribution < 1.29 is 4.79 Å². The smallest absolute Gasteiger partial charge is 0.307 e. The van der Waals surface area contributed by atoms with Gasteiger partial charge in [-0.2, -0.15) is 0 Å². The van der Waals surface area contributed by atoms with Crippen LogP contribution in [-0.4, -0.2) is 12.6 Å². The van der Waals surface area contributed by atoms with Crippen LogP contribution < -0.4 is 10.2 Å². The second-order valence-corrected chi connectivity index (χ2v) is 4.78. The Kier molecular flexibility index (Phi) is 2.95. The summed E-state index contributed by atoms with van der Waals surface area (Å²) in [6, 6.07) is 15.8. The van der Waals surface area contributed by atoms with Crippen LogP contribution >= 0.6 is 0 Å². The van der Waals surface area contributed by atoms with Crippen molar-refractivity contribution in [3.8, 4) is 0 Å². The lowest BCUT2D eigenvalue weighted by atomic mass is 10.2. The average Bonchev–Trinajstić information content (AvgIpc) is 2.85. The van der Waals surface area contributed by atoms with Gasteiger partial charge >= 0.3 is 6.03 Å². The summed E-state index contributed by atoms with van der Waals surface area (Å²) in [5, 5.41) is 2.98. The third-order valence-corrected chi connectivity index (χ3v) is 3.52. The first-order chi connectivity index (χ1) is 9.25. The number of carbonyl (C=O) groups is 1. The Morgan fingerprint density at radius 1 is 1.11 bits per heavy atom. The van der Waals surface area contributed by atoms with E-state index in [1.807, 2.05) is 54.3 Å². The Balaban J connectivity index is 1.81. The van der Waals surface area contributed by atoms with Gasteiger partial charge in [0, 0.05) is 17.9 Å². The van der Waals surface area contributed by atoms with Gasteiger partial charge in [-0.25, -0.2) is 4.79 Å². The molecule has 19 heavy (non-hydrogen) atoms. The number of nitrogens with zero attached hydrogens (tertiary/aromatic N) is 1. The molecule has 0 spiro atoms. The summed E-state index contributed by atoms with van der Waals surface area (Å²) < 4.78 is 0. The van der Waals surface area contributed by atoms with E-state index in [1.54, 1.807) is 0 Å². The van der Waals surface area contributed by atoms with Crippen molar-refractivity contribution in [2.75, 3.05) is 16.8 Å². The van der Waals surface area contributed by atoms with E-state index in [1.165, 1.54) is 5.56 Å². The molecule has 0 aromatic heterocycles. The topological polar surface area (TPSA) is 32.3 Å². The highest BCUT2D eigenvalue weighted by molar-refractivity contribution is 6.03. The SMILES string of the molecule is Cc1ccccc1NC(=O)N1CCc2ccccc21. The molecular formula is C16H16N2O. The minimum absolute atomic E-state index is 0.0562. The lowest BCUT2D eigenvalue weighted by Gasteiger charge is -2.18. The number of hydrogen-bond acceptors (Lipinski definition) is 1. The maximum Gasteiger partial charge on any atom is 0.326 e. The summed E-state index contributed by atoms with van der Waals surface area (Å²) in [5.41, 5.74) is 4.20. The van der Waals surface area contributed by atoms with Crippen LogP contribution in [0.1, 0.15) is 11.1 Å². The Morgan fingerprint density at radius 2 is 1.84 bits per heavy atom. The molecule has 0 unspecified atom stereocenters. The van der Waals surface area contributed by atoms with Crippen LogP contribution in [0.3, 0.4) is 0 Å². The number of hydrogen-bond donors (Lipinski definition) is 1. The predicted molar refractivity (Wildman–Crippen MR) is 77.7 cm³/mol. The Bertz CT molecular complexity index is 622. The quantitative estimate of drug-likeness (QED) is 0.826. The van der Waals surface area contributed by atoms with Crippen molar-refractivity contribution in [3.05, 3.63) is 59.7 Å². The van der Waals surface area contributed by atoms with Crippen LogP contribution in [0.5, 0.6) is 0 Å².